The highest BCUT2D eigenvalue weighted by Gasteiger charge is 2.12. The molecule has 0 atom stereocenters. The van der Waals surface area contributed by atoms with Crippen LogP contribution >= 0.6 is 0 Å². The Morgan fingerprint density at radius 2 is 2.04 bits per heavy atom. The Bertz CT molecular complexity index is 1060. The number of rotatable bonds is 5. The number of carbonyl (C=O) groups is 1. The molecule has 7 nitrogen and oxygen atoms in total. The Hall–Kier alpha value is -3.74. The number of aromatic nitrogens is 4. The molecular formula is C20H17N5O2. The Labute approximate surface area is 155 Å². The van der Waals surface area contributed by atoms with Crippen molar-refractivity contribution in [2.24, 2.45) is 0 Å². The fourth-order valence-corrected chi connectivity index (χ4v) is 2.72. The number of hydrogen-bond acceptors (Lipinski definition) is 5. The summed E-state index contributed by atoms with van der Waals surface area (Å²) in [5, 5.41) is 14.8. The van der Waals surface area contributed by atoms with Gasteiger partial charge in [-0.2, -0.15) is 5.10 Å². The molecule has 0 unspecified atom stereocenters. The monoisotopic (exact) mass is 359 g/mol. The van der Waals surface area contributed by atoms with Gasteiger partial charge in [0.05, 0.1) is 18.3 Å². The third-order valence-electron chi connectivity index (χ3n) is 4.18. The minimum atomic E-state index is -0.222. The molecule has 0 aliphatic carbocycles. The highest BCUT2D eigenvalue weighted by atomic mass is 16.4. The Morgan fingerprint density at radius 1 is 1.19 bits per heavy atom. The van der Waals surface area contributed by atoms with E-state index in [1.807, 2.05) is 55.5 Å². The van der Waals surface area contributed by atoms with Crippen LogP contribution in [0.25, 0.3) is 11.5 Å². The summed E-state index contributed by atoms with van der Waals surface area (Å²) in [5.41, 5.74) is 3.98. The first-order chi connectivity index (χ1) is 13.2. The van der Waals surface area contributed by atoms with Crippen molar-refractivity contribution in [2.45, 2.75) is 13.5 Å². The number of carbonyl (C=O) groups excluding carboxylic acids is 1. The molecule has 2 heterocycles. The number of amides is 1. The smallest absolute Gasteiger partial charge is 0.258 e. The van der Waals surface area contributed by atoms with Crippen molar-refractivity contribution in [3.8, 4) is 11.5 Å². The molecule has 1 amide bonds. The Kier molecular flexibility index (Phi) is 4.49. The van der Waals surface area contributed by atoms with Crippen molar-refractivity contribution in [3.63, 3.8) is 0 Å². The molecular weight excluding hydrogens is 342 g/mol. The van der Waals surface area contributed by atoms with Gasteiger partial charge in [-0.1, -0.05) is 36.4 Å². The molecule has 1 N–H and O–H groups in total. The number of anilines is 1. The molecule has 0 aliphatic heterocycles. The third-order valence-corrected chi connectivity index (χ3v) is 4.18. The number of hydrogen-bond donors (Lipinski definition) is 1. The van der Waals surface area contributed by atoms with Crippen LogP contribution in [0.1, 0.15) is 21.5 Å². The number of aryl methyl sites for hydroxylation is 1. The highest BCUT2D eigenvalue weighted by Crippen LogP contribution is 2.24. The summed E-state index contributed by atoms with van der Waals surface area (Å²) in [7, 11) is 0. The molecule has 2 aromatic carbocycles. The van der Waals surface area contributed by atoms with Crippen LogP contribution in [0.4, 0.5) is 5.69 Å². The topological polar surface area (TPSA) is 85.8 Å². The van der Waals surface area contributed by atoms with E-state index in [0.29, 0.717) is 23.7 Å². The minimum Gasteiger partial charge on any atom is -0.423 e. The fourth-order valence-electron chi connectivity index (χ4n) is 2.72. The molecule has 4 aromatic rings. The zero-order valence-corrected chi connectivity index (χ0v) is 14.7. The van der Waals surface area contributed by atoms with Crippen molar-refractivity contribution in [3.05, 3.63) is 84.0 Å². The standard InChI is InChI=1S/C20H17N5O2/c1-14-7-8-16(20-24-21-13-27-20)9-18(14)23-19(26)17-10-22-25(12-17)11-15-5-3-2-4-6-15/h2-10,12-13H,11H2,1H3,(H,23,26). The van der Waals surface area contributed by atoms with Crippen LogP contribution < -0.4 is 5.32 Å². The summed E-state index contributed by atoms with van der Waals surface area (Å²) in [6, 6.07) is 15.6. The SMILES string of the molecule is Cc1ccc(-c2nnco2)cc1NC(=O)c1cnn(Cc2ccccc2)c1. The van der Waals surface area contributed by atoms with E-state index < -0.39 is 0 Å². The van der Waals surface area contributed by atoms with Gasteiger partial charge in [0.2, 0.25) is 12.3 Å². The maximum atomic E-state index is 12.6. The lowest BCUT2D eigenvalue weighted by Gasteiger charge is -2.08. The molecule has 0 radical (unpaired) electrons. The van der Waals surface area contributed by atoms with E-state index in [4.69, 9.17) is 4.42 Å². The van der Waals surface area contributed by atoms with Crippen LogP contribution in [0.2, 0.25) is 0 Å². The van der Waals surface area contributed by atoms with Crippen LogP contribution in [-0.2, 0) is 6.54 Å². The zero-order chi connectivity index (χ0) is 18.6. The molecule has 27 heavy (non-hydrogen) atoms. The zero-order valence-electron chi connectivity index (χ0n) is 14.7. The largest absolute Gasteiger partial charge is 0.423 e. The quantitative estimate of drug-likeness (QED) is 0.589. The summed E-state index contributed by atoms with van der Waals surface area (Å²) >= 11 is 0. The van der Waals surface area contributed by atoms with Crippen LogP contribution in [0.15, 0.2) is 71.7 Å². The lowest BCUT2D eigenvalue weighted by Crippen LogP contribution is -2.12. The average molecular weight is 359 g/mol. The minimum absolute atomic E-state index is 0.222. The fraction of sp³-hybridized carbons (Fsp3) is 0.100. The predicted octanol–water partition coefficient (Wildman–Crippen LogP) is 3.54. The third kappa shape index (κ3) is 3.77. The molecule has 0 saturated carbocycles. The molecule has 0 spiro atoms. The van der Waals surface area contributed by atoms with E-state index in [0.717, 1.165) is 16.7 Å². The molecule has 7 heteroatoms. The van der Waals surface area contributed by atoms with Crippen molar-refractivity contribution < 1.29 is 9.21 Å². The Balaban J connectivity index is 1.50. The van der Waals surface area contributed by atoms with Gasteiger partial charge in [-0.05, 0) is 30.2 Å². The van der Waals surface area contributed by atoms with Crippen LogP contribution in [0.5, 0.6) is 0 Å². The van der Waals surface area contributed by atoms with Crippen LogP contribution in [0.3, 0.4) is 0 Å². The van der Waals surface area contributed by atoms with Crippen molar-refractivity contribution in [1.29, 1.82) is 0 Å². The van der Waals surface area contributed by atoms with E-state index in [2.05, 4.69) is 20.6 Å². The first-order valence-corrected chi connectivity index (χ1v) is 8.44. The first-order valence-electron chi connectivity index (χ1n) is 8.44. The molecule has 134 valence electrons. The average Bonchev–Trinajstić information content (AvgIpc) is 3.36. The van der Waals surface area contributed by atoms with Crippen LogP contribution in [-0.4, -0.2) is 25.9 Å². The molecule has 2 aromatic heterocycles. The van der Waals surface area contributed by atoms with E-state index in [-0.39, 0.29) is 5.91 Å². The maximum Gasteiger partial charge on any atom is 0.258 e. The lowest BCUT2D eigenvalue weighted by atomic mass is 10.1. The van der Waals surface area contributed by atoms with Gasteiger partial charge in [0.25, 0.3) is 5.91 Å². The number of nitrogens with zero attached hydrogens (tertiary/aromatic N) is 4. The van der Waals surface area contributed by atoms with Gasteiger partial charge >= 0.3 is 0 Å². The molecule has 4 rings (SSSR count). The van der Waals surface area contributed by atoms with Gasteiger partial charge in [0, 0.05) is 17.4 Å². The first kappa shape index (κ1) is 16.7. The van der Waals surface area contributed by atoms with Gasteiger partial charge in [0.1, 0.15) is 0 Å². The van der Waals surface area contributed by atoms with E-state index in [9.17, 15) is 4.79 Å². The van der Waals surface area contributed by atoms with E-state index >= 15 is 0 Å². The second-order valence-electron chi connectivity index (χ2n) is 6.14. The van der Waals surface area contributed by atoms with Gasteiger partial charge in [-0.3, -0.25) is 9.48 Å². The Morgan fingerprint density at radius 3 is 2.81 bits per heavy atom. The van der Waals surface area contributed by atoms with Gasteiger partial charge in [-0.15, -0.1) is 10.2 Å². The number of nitrogens with one attached hydrogen (secondary N) is 1. The van der Waals surface area contributed by atoms with Crippen LogP contribution in [0, 0.1) is 6.92 Å². The predicted molar refractivity (Wildman–Crippen MR) is 100 cm³/mol. The summed E-state index contributed by atoms with van der Waals surface area (Å²) in [6.07, 6.45) is 4.57. The summed E-state index contributed by atoms with van der Waals surface area (Å²) < 4.78 is 6.96. The van der Waals surface area contributed by atoms with Crippen molar-refractivity contribution in [2.75, 3.05) is 5.32 Å². The summed E-state index contributed by atoms with van der Waals surface area (Å²) in [4.78, 5) is 12.6. The van der Waals surface area contributed by atoms with Crippen molar-refractivity contribution in [1.82, 2.24) is 20.0 Å². The molecule has 0 bridgehead atoms. The normalized spacial score (nSPS) is 10.7. The van der Waals surface area contributed by atoms with E-state index in [1.165, 1.54) is 6.39 Å². The maximum absolute atomic E-state index is 12.6. The molecule has 0 fully saturated rings. The van der Waals surface area contributed by atoms with Gasteiger partial charge in [-0.25, -0.2) is 0 Å². The highest BCUT2D eigenvalue weighted by molar-refractivity contribution is 6.04. The summed E-state index contributed by atoms with van der Waals surface area (Å²) in [6.45, 7) is 2.53. The van der Waals surface area contributed by atoms with Gasteiger partial charge < -0.3 is 9.73 Å². The molecule has 0 aliphatic rings. The van der Waals surface area contributed by atoms with Gasteiger partial charge in [0.15, 0.2) is 0 Å². The van der Waals surface area contributed by atoms with E-state index in [1.54, 1.807) is 17.1 Å². The summed E-state index contributed by atoms with van der Waals surface area (Å²) in [5.74, 6) is 0.182. The lowest BCUT2D eigenvalue weighted by molar-refractivity contribution is 0.102. The second-order valence-corrected chi connectivity index (χ2v) is 6.14. The molecule has 0 saturated heterocycles. The second kappa shape index (κ2) is 7.25. The van der Waals surface area contributed by atoms with Crippen molar-refractivity contribution >= 4 is 11.6 Å². The number of benzene rings is 2.